The molecule has 1 aliphatic rings. The number of benzene rings is 2. The van der Waals surface area contributed by atoms with Crippen molar-refractivity contribution in [2.75, 3.05) is 13.7 Å². The Bertz CT molecular complexity index is 1080. The van der Waals surface area contributed by atoms with E-state index in [1.165, 1.54) is 39.2 Å². The number of carbonyl (C=O) groups excluding carboxylic acids is 2. The number of hydrogen-bond donors (Lipinski definition) is 1. The van der Waals surface area contributed by atoms with Gasteiger partial charge in [0.25, 0.3) is 0 Å². The lowest BCUT2D eigenvalue weighted by atomic mass is 9.81. The summed E-state index contributed by atoms with van der Waals surface area (Å²) in [5.41, 5.74) is -0.895. The fraction of sp³-hybridized carbons (Fsp3) is 0.360. The summed E-state index contributed by atoms with van der Waals surface area (Å²) < 4.78 is 49.9. The number of nitrogens with zero attached hydrogens (tertiary/aromatic N) is 1. The van der Waals surface area contributed by atoms with Gasteiger partial charge >= 0.3 is 5.97 Å². The maximum absolute atomic E-state index is 15.4. The van der Waals surface area contributed by atoms with Crippen molar-refractivity contribution in [3.8, 4) is 5.75 Å². The second kappa shape index (κ2) is 9.39. The molecule has 176 valence electrons. The van der Waals surface area contributed by atoms with Crippen LogP contribution in [0.5, 0.6) is 5.75 Å². The molecule has 0 bridgehead atoms. The van der Waals surface area contributed by atoms with Gasteiger partial charge in [-0.25, -0.2) is 18.0 Å². The number of aromatic hydroxyl groups is 1. The molecule has 0 fully saturated rings. The normalized spacial score (nSPS) is 18.9. The first-order chi connectivity index (χ1) is 15.5. The van der Waals surface area contributed by atoms with Crippen molar-refractivity contribution >= 4 is 18.3 Å². The van der Waals surface area contributed by atoms with E-state index >= 15 is 8.78 Å². The second-order valence-electron chi connectivity index (χ2n) is 8.79. The number of aldehydes is 1. The van der Waals surface area contributed by atoms with E-state index in [2.05, 4.69) is 4.74 Å². The molecule has 3 rings (SSSR count). The van der Waals surface area contributed by atoms with E-state index in [1.54, 1.807) is 11.8 Å². The topological polar surface area (TPSA) is 66.8 Å². The molecular formula is C25H26F3NO4. The lowest BCUT2D eigenvalue weighted by molar-refractivity contribution is -0.134. The number of rotatable bonds is 6. The van der Waals surface area contributed by atoms with Crippen LogP contribution in [-0.2, 0) is 16.0 Å². The molecule has 2 aromatic carbocycles. The maximum atomic E-state index is 15.4. The van der Waals surface area contributed by atoms with Crippen molar-refractivity contribution in [1.29, 1.82) is 0 Å². The molecule has 0 saturated heterocycles. The Morgan fingerprint density at radius 2 is 1.91 bits per heavy atom. The Labute approximate surface area is 190 Å². The van der Waals surface area contributed by atoms with E-state index in [-0.39, 0.29) is 35.0 Å². The third kappa shape index (κ3) is 5.11. The Morgan fingerprint density at radius 3 is 2.45 bits per heavy atom. The molecule has 0 aliphatic carbocycles. The molecule has 0 saturated carbocycles. The summed E-state index contributed by atoms with van der Waals surface area (Å²) in [5, 5.41) is 10.1. The van der Waals surface area contributed by atoms with Crippen LogP contribution in [0.3, 0.4) is 0 Å². The number of carbonyl (C=O) groups is 2. The summed E-state index contributed by atoms with van der Waals surface area (Å²) in [6, 6.07) is 3.56. The van der Waals surface area contributed by atoms with Crippen LogP contribution in [0.15, 0.2) is 30.3 Å². The number of hydrogen-bond acceptors (Lipinski definition) is 5. The molecule has 5 nitrogen and oxygen atoms in total. The van der Waals surface area contributed by atoms with Gasteiger partial charge in [-0.1, -0.05) is 6.07 Å². The largest absolute Gasteiger partial charge is 0.507 e. The summed E-state index contributed by atoms with van der Waals surface area (Å²) in [7, 11) is 1.19. The number of esters is 1. The Balaban J connectivity index is 2.22. The zero-order chi connectivity index (χ0) is 24.5. The van der Waals surface area contributed by atoms with E-state index in [0.717, 1.165) is 18.2 Å². The summed E-state index contributed by atoms with van der Waals surface area (Å²) in [6.45, 7) is 4.43. The molecule has 0 amide bonds. The van der Waals surface area contributed by atoms with Crippen molar-refractivity contribution in [3.63, 3.8) is 0 Å². The third-order valence-corrected chi connectivity index (χ3v) is 5.73. The third-order valence-electron chi connectivity index (χ3n) is 5.73. The summed E-state index contributed by atoms with van der Waals surface area (Å²) in [5.74, 6) is -2.66. The minimum Gasteiger partial charge on any atom is -0.507 e. The smallest absolute Gasteiger partial charge is 0.330 e. The minimum absolute atomic E-state index is 0.0574. The van der Waals surface area contributed by atoms with Crippen LogP contribution in [0.2, 0.25) is 0 Å². The van der Waals surface area contributed by atoms with Crippen LogP contribution >= 0.6 is 0 Å². The molecule has 0 radical (unpaired) electrons. The summed E-state index contributed by atoms with van der Waals surface area (Å²) in [6.07, 6.45) is 3.08. The highest BCUT2D eigenvalue weighted by Crippen LogP contribution is 2.43. The minimum atomic E-state index is -1.66. The van der Waals surface area contributed by atoms with Crippen molar-refractivity contribution in [3.05, 3.63) is 69.8 Å². The van der Waals surface area contributed by atoms with E-state index in [1.807, 2.05) is 0 Å². The maximum Gasteiger partial charge on any atom is 0.330 e. The van der Waals surface area contributed by atoms with Crippen LogP contribution in [0.1, 0.15) is 59.4 Å². The number of ether oxygens (including phenoxy) is 1. The number of phenolic OH excluding ortho intramolecular Hbond substituents is 1. The lowest BCUT2D eigenvalue weighted by Crippen LogP contribution is -2.48. The highest BCUT2D eigenvalue weighted by Gasteiger charge is 2.40. The lowest BCUT2D eigenvalue weighted by Gasteiger charge is -2.44. The first-order valence-corrected chi connectivity index (χ1v) is 10.5. The van der Waals surface area contributed by atoms with Gasteiger partial charge in [0.1, 0.15) is 23.1 Å². The average Bonchev–Trinajstić information content (AvgIpc) is 2.72. The first kappa shape index (κ1) is 24.5. The molecule has 8 heteroatoms. The van der Waals surface area contributed by atoms with Crippen LogP contribution < -0.4 is 0 Å². The standard InChI is InChI=1S/C25H26F3NO4/c1-14-9-17-16(6-7-21(31)18(17)12-30)24(29(14)13-25(2,3)28)23-19(26)10-15(11-20(23)27)5-8-22(32)33-4/h5-8,10-12,14,24,31H,9,13H2,1-4H3/b8-5+/t14-,24+/m1/s1. The molecule has 1 heterocycles. The summed E-state index contributed by atoms with van der Waals surface area (Å²) >= 11 is 0. The second-order valence-corrected chi connectivity index (χ2v) is 8.79. The number of alkyl halides is 1. The Morgan fingerprint density at radius 1 is 1.27 bits per heavy atom. The molecule has 2 aromatic rings. The van der Waals surface area contributed by atoms with Gasteiger partial charge in [-0.15, -0.1) is 0 Å². The van der Waals surface area contributed by atoms with E-state index in [9.17, 15) is 19.1 Å². The van der Waals surface area contributed by atoms with Gasteiger partial charge < -0.3 is 9.84 Å². The van der Waals surface area contributed by atoms with E-state index < -0.39 is 29.3 Å². The average molecular weight is 461 g/mol. The monoisotopic (exact) mass is 461 g/mol. The quantitative estimate of drug-likeness (QED) is 0.382. The highest BCUT2D eigenvalue weighted by molar-refractivity contribution is 5.87. The molecule has 0 aromatic heterocycles. The van der Waals surface area contributed by atoms with Crippen molar-refractivity contribution < 1.29 is 32.6 Å². The van der Waals surface area contributed by atoms with Crippen molar-refractivity contribution in [2.45, 2.75) is 44.9 Å². The molecule has 33 heavy (non-hydrogen) atoms. The molecule has 1 N–H and O–H groups in total. The van der Waals surface area contributed by atoms with Crippen LogP contribution in [0, 0.1) is 11.6 Å². The van der Waals surface area contributed by atoms with Gasteiger partial charge in [-0.2, -0.15) is 0 Å². The van der Waals surface area contributed by atoms with Gasteiger partial charge in [-0.3, -0.25) is 9.69 Å². The van der Waals surface area contributed by atoms with Crippen LogP contribution in [-0.4, -0.2) is 47.6 Å². The molecule has 0 spiro atoms. The zero-order valence-corrected chi connectivity index (χ0v) is 18.9. The van der Waals surface area contributed by atoms with E-state index in [0.29, 0.717) is 23.8 Å². The predicted molar refractivity (Wildman–Crippen MR) is 118 cm³/mol. The van der Waals surface area contributed by atoms with Gasteiger partial charge in [0.15, 0.2) is 6.29 Å². The Hall–Kier alpha value is -3.13. The Kier molecular flexibility index (Phi) is 6.97. The molecule has 2 atom stereocenters. The molecule has 1 aliphatic heterocycles. The van der Waals surface area contributed by atoms with Crippen molar-refractivity contribution in [1.82, 2.24) is 4.90 Å². The predicted octanol–water partition coefficient (Wildman–Crippen LogP) is 4.75. The van der Waals surface area contributed by atoms with E-state index in [4.69, 9.17) is 0 Å². The van der Waals surface area contributed by atoms with Gasteiger partial charge in [0, 0.05) is 24.2 Å². The number of halogens is 3. The number of methoxy groups -OCH3 is 1. The van der Waals surface area contributed by atoms with Gasteiger partial charge in [0.2, 0.25) is 0 Å². The fourth-order valence-corrected chi connectivity index (χ4v) is 4.33. The van der Waals surface area contributed by atoms with Gasteiger partial charge in [-0.05, 0) is 68.2 Å². The summed E-state index contributed by atoms with van der Waals surface area (Å²) in [4.78, 5) is 24.6. The molecule has 0 unspecified atom stereocenters. The van der Waals surface area contributed by atoms with Crippen LogP contribution in [0.4, 0.5) is 13.2 Å². The zero-order valence-electron chi connectivity index (χ0n) is 18.9. The highest BCUT2D eigenvalue weighted by atomic mass is 19.1. The van der Waals surface area contributed by atoms with Crippen LogP contribution in [0.25, 0.3) is 6.08 Å². The van der Waals surface area contributed by atoms with Gasteiger partial charge in [0.05, 0.1) is 18.7 Å². The first-order valence-electron chi connectivity index (χ1n) is 10.5. The number of phenols is 1. The number of fused-ring (bicyclic) bond motifs is 1. The fourth-order valence-electron chi connectivity index (χ4n) is 4.33. The SMILES string of the molecule is COC(=O)/C=C/c1cc(F)c([C@@H]2c3ccc(O)c(C=O)c3C[C@@H](C)N2CC(C)(C)F)c(F)c1. The van der Waals surface area contributed by atoms with Crippen molar-refractivity contribution in [2.24, 2.45) is 0 Å². The molecular weight excluding hydrogens is 435 g/mol.